The van der Waals surface area contributed by atoms with Crippen LogP contribution >= 0.6 is 11.3 Å². The van der Waals surface area contributed by atoms with E-state index in [4.69, 9.17) is 10.1 Å². The molecule has 0 spiro atoms. The van der Waals surface area contributed by atoms with E-state index >= 15 is 0 Å². The van der Waals surface area contributed by atoms with Gasteiger partial charge in [-0.1, -0.05) is 6.92 Å². The van der Waals surface area contributed by atoms with Crippen LogP contribution in [0.2, 0.25) is 0 Å². The fourth-order valence-electron chi connectivity index (χ4n) is 2.38. The van der Waals surface area contributed by atoms with Gasteiger partial charge in [0.15, 0.2) is 0 Å². The topological polar surface area (TPSA) is 45.1 Å². The second-order valence-electron chi connectivity index (χ2n) is 4.78. The zero-order chi connectivity index (χ0) is 12.3. The third-order valence-corrected chi connectivity index (χ3v) is 4.78. The lowest BCUT2D eigenvalue weighted by molar-refractivity contribution is 0.257. The summed E-state index contributed by atoms with van der Waals surface area (Å²) in [4.78, 5) is 6.22. The number of hydrogen-bond donors (Lipinski definition) is 2. The van der Waals surface area contributed by atoms with Gasteiger partial charge in [0.25, 0.3) is 0 Å². The SMILES string of the molecule is CCC(CCO)NC(C)c1nc2c(s1)CCC2. The summed E-state index contributed by atoms with van der Waals surface area (Å²) in [5.74, 6) is 0. The first-order valence-electron chi connectivity index (χ1n) is 6.60. The molecule has 0 aliphatic heterocycles. The number of hydrogen-bond acceptors (Lipinski definition) is 4. The second kappa shape index (κ2) is 5.94. The minimum absolute atomic E-state index is 0.257. The normalized spacial score (nSPS) is 18.1. The number of fused-ring (bicyclic) bond motifs is 1. The van der Waals surface area contributed by atoms with E-state index < -0.39 is 0 Å². The summed E-state index contributed by atoms with van der Waals surface area (Å²) in [5, 5.41) is 13.8. The highest BCUT2D eigenvalue weighted by molar-refractivity contribution is 7.11. The Balaban J connectivity index is 1.96. The van der Waals surface area contributed by atoms with Crippen molar-refractivity contribution < 1.29 is 5.11 Å². The van der Waals surface area contributed by atoms with E-state index in [2.05, 4.69) is 19.2 Å². The maximum atomic E-state index is 8.99. The quantitative estimate of drug-likeness (QED) is 0.819. The Morgan fingerprint density at radius 1 is 1.47 bits per heavy atom. The van der Waals surface area contributed by atoms with Crippen LogP contribution in [0, 0.1) is 0 Å². The number of aryl methyl sites for hydroxylation is 2. The molecule has 96 valence electrons. The number of aliphatic hydroxyl groups is 1. The standard InChI is InChI=1S/C13H22N2OS/c1-3-10(7-8-16)14-9(2)13-15-11-5-4-6-12(11)17-13/h9-10,14,16H,3-8H2,1-2H3. The van der Waals surface area contributed by atoms with Crippen molar-refractivity contribution in [1.29, 1.82) is 0 Å². The Kier molecular flexibility index (Phi) is 4.54. The minimum Gasteiger partial charge on any atom is -0.396 e. The molecule has 4 heteroatoms. The summed E-state index contributed by atoms with van der Waals surface area (Å²) in [6, 6.07) is 0.704. The molecule has 1 aliphatic rings. The van der Waals surface area contributed by atoms with Crippen molar-refractivity contribution in [2.75, 3.05) is 6.61 Å². The molecule has 1 aromatic rings. The number of nitrogens with one attached hydrogen (secondary N) is 1. The van der Waals surface area contributed by atoms with Crippen molar-refractivity contribution in [3.63, 3.8) is 0 Å². The average molecular weight is 254 g/mol. The Bertz CT molecular complexity index is 343. The van der Waals surface area contributed by atoms with Crippen LogP contribution in [0.4, 0.5) is 0 Å². The summed E-state index contributed by atoms with van der Waals surface area (Å²) in [6.07, 6.45) is 5.53. The molecule has 0 fully saturated rings. The van der Waals surface area contributed by atoms with Gasteiger partial charge in [0.1, 0.15) is 5.01 Å². The summed E-state index contributed by atoms with van der Waals surface area (Å²) in [5.41, 5.74) is 1.33. The van der Waals surface area contributed by atoms with Gasteiger partial charge in [-0.15, -0.1) is 11.3 Å². The number of aliphatic hydroxyl groups excluding tert-OH is 1. The summed E-state index contributed by atoms with van der Waals surface area (Å²) in [6.45, 7) is 4.59. The smallest absolute Gasteiger partial charge is 0.110 e. The van der Waals surface area contributed by atoms with Crippen LogP contribution in [0.3, 0.4) is 0 Å². The lowest BCUT2D eigenvalue weighted by atomic mass is 10.1. The maximum absolute atomic E-state index is 8.99. The molecular weight excluding hydrogens is 232 g/mol. The van der Waals surface area contributed by atoms with E-state index in [-0.39, 0.29) is 6.61 Å². The van der Waals surface area contributed by atoms with Crippen LogP contribution in [0.1, 0.15) is 54.7 Å². The Labute approximate surface area is 107 Å². The van der Waals surface area contributed by atoms with Gasteiger partial charge < -0.3 is 10.4 Å². The molecule has 0 bridgehead atoms. The van der Waals surface area contributed by atoms with E-state index in [1.807, 2.05) is 11.3 Å². The monoisotopic (exact) mass is 254 g/mol. The van der Waals surface area contributed by atoms with E-state index in [0.29, 0.717) is 12.1 Å². The van der Waals surface area contributed by atoms with Crippen molar-refractivity contribution in [1.82, 2.24) is 10.3 Å². The van der Waals surface area contributed by atoms with Crippen LogP contribution in [0.15, 0.2) is 0 Å². The highest BCUT2D eigenvalue weighted by atomic mass is 32.1. The predicted molar refractivity (Wildman–Crippen MR) is 71.5 cm³/mol. The Hall–Kier alpha value is -0.450. The van der Waals surface area contributed by atoms with Crippen molar-refractivity contribution >= 4 is 11.3 Å². The number of rotatable bonds is 6. The highest BCUT2D eigenvalue weighted by Crippen LogP contribution is 2.30. The van der Waals surface area contributed by atoms with Crippen molar-refractivity contribution in [3.05, 3.63) is 15.6 Å². The van der Waals surface area contributed by atoms with Crippen molar-refractivity contribution in [3.8, 4) is 0 Å². The van der Waals surface area contributed by atoms with Gasteiger partial charge in [0, 0.05) is 17.5 Å². The lowest BCUT2D eigenvalue weighted by Crippen LogP contribution is -2.31. The molecule has 2 unspecified atom stereocenters. The molecule has 3 nitrogen and oxygen atoms in total. The molecule has 0 saturated carbocycles. The molecule has 0 amide bonds. The molecular formula is C13H22N2OS. The van der Waals surface area contributed by atoms with E-state index in [9.17, 15) is 0 Å². The minimum atomic E-state index is 0.257. The molecule has 2 atom stereocenters. The molecule has 0 saturated heterocycles. The van der Waals surface area contributed by atoms with Gasteiger partial charge in [-0.25, -0.2) is 4.98 Å². The molecule has 17 heavy (non-hydrogen) atoms. The van der Waals surface area contributed by atoms with Crippen molar-refractivity contribution in [2.45, 2.75) is 58.0 Å². The first-order chi connectivity index (χ1) is 8.24. The second-order valence-corrected chi connectivity index (χ2v) is 5.90. The Morgan fingerprint density at radius 3 is 2.94 bits per heavy atom. The third kappa shape index (κ3) is 3.06. The van der Waals surface area contributed by atoms with Gasteiger partial charge in [0.05, 0.1) is 11.7 Å². The van der Waals surface area contributed by atoms with E-state index in [1.54, 1.807) is 0 Å². The highest BCUT2D eigenvalue weighted by Gasteiger charge is 2.20. The molecule has 1 aliphatic carbocycles. The van der Waals surface area contributed by atoms with Gasteiger partial charge in [-0.2, -0.15) is 0 Å². The van der Waals surface area contributed by atoms with Crippen LogP contribution in [-0.4, -0.2) is 22.7 Å². The molecule has 0 aromatic carbocycles. The van der Waals surface area contributed by atoms with Crippen LogP contribution in [0.5, 0.6) is 0 Å². The van der Waals surface area contributed by atoms with Crippen LogP contribution in [-0.2, 0) is 12.8 Å². The van der Waals surface area contributed by atoms with Crippen LogP contribution < -0.4 is 5.32 Å². The van der Waals surface area contributed by atoms with E-state index in [0.717, 1.165) is 19.3 Å². The lowest BCUT2D eigenvalue weighted by Gasteiger charge is -2.20. The largest absolute Gasteiger partial charge is 0.396 e. The molecule has 2 N–H and O–H groups in total. The van der Waals surface area contributed by atoms with Crippen molar-refractivity contribution in [2.24, 2.45) is 0 Å². The predicted octanol–water partition coefficient (Wildman–Crippen LogP) is 2.44. The third-order valence-electron chi connectivity index (χ3n) is 3.44. The molecule has 1 heterocycles. The number of aromatic nitrogens is 1. The van der Waals surface area contributed by atoms with Gasteiger partial charge in [-0.05, 0) is 39.0 Å². The zero-order valence-corrected chi connectivity index (χ0v) is 11.5. The maximum Gasteiger partial charge on any atom is 0.110 e. The number of thiazole rings is 1. The molecule has 0 radical (unpaired) electrons. The summed E-state index contributed by atoms with van der Waals surface area (Å²) in [7, 11) is 0. The molecule has 2 rings (SSSR count). The zero-order valence-electron chi connectivity index (χ0n) is 10.7. The average Bonchev–Trinajstić information content (AvgIpc) is 2.88. The molecule has 1 aromatic heterocycles. The van der Waals surface area contributed by atoms with Gasteiger partial charge in [-0.3, -0.25) is 0 Å². The summed E-state index contributed by atoms with van der Waals surface area (Å²) >= 11 is 1.86. The fourth-order valence-corrected chi connectivity index (χ4v) is 3.55. The van der Waals surface area contributed by atoms with Gasteiger partial charge >= 0.3 is 0 Å². The first kappa shape index (κ1) is 13.0. The van der Waals surface area contributed by atoms with Gasteiger partial charge in [0.2, 0.25) is 0 Å². The van der Waals surface area contributed by atoms with Crippen LogP contribution in [0.25, 0.3) is 0 Å². The van der Waals surface area contributed by atoms with E-state index in [1.165, 1.54) is 28.4 Å². The number of nitrogens with zero attached hydrogens (tertiary/aromatic N) is 1. The fraction of sp³-hybridized carbons (Fsp3) is 0.769. The Morgan fingerprint density at radius 2 is 2.29 bits per heavy atom. The first-order valence-corrected chi connectivity index (χ1v) is 7.41. The summed E-state index contributed by atoms with van der Waals surface area (Å²) < 4.78 is 0.